The third kappa shape index (κ3) is 16.6. The van der Waals surface area contributed by atoms with Crippen molar-refractivity contribution < 1.29 is 20.0 Å². The molecule has 4 rings (SSSR count). The molecule has 134 valence electrons. The van der Waals surface area contributed by atoms with Gasteiger partial charge in [-0.3, -0.25) is 12.2 Å². The van der Waals surface area contributed by atoms with Crippen LogP contribution in [0.3, 0.4) is 0 Å². The molecule has 0 bridgehead atoms. The Morgan fingerprint density at radius 2 is 1.00 bits per heavy atom. The Hall–Kier alpha value is -2.28. The molecular weight excluding hydrogens is 348 g/mol. The molecule has 2 aromatic carbocycles. The second-order valence-corrected chi connectivity index (χ2v) is 4.98. The molecule has 0 N–H and O–H groups in total. The van der Waals surface area contributed by atoms with Gasteiger partial charge in [-0.2, -0.15) is 61.4 Å². The van der Waals surface area contributed by atoms with Crippen LogP contribution in [-0.4, -0.2) is 4.82 Å². The van der Waals surface area contributed by atoms with Crippen molar-refractivity contribution in [1.82, 2.24) is 0 Å². The van der Waals surface area contributed by atoms with Gasteiger partial charge < -0.3 is 0 Å². The summed E-state index contributed by atoms with van der Waals surface area (Å²) in [6.07, 6.45) is 20.0. The first-order valence-corrected chi connectivity index (χ1v) is 9.42. The second-order valence-electron chi connectivity index (χ2n) is 4.98. The molecule has 1 heteroatoms. The van der Waals surface area contributed by atoms with Crippen LogP contribution in [0.1, 0.15) is 24.0 Å². The van der Waals surface area contributed by atoms with Crippen molar-refractivity contribution >= 4 is 4.82 Å². The van der Waals surface area contributed by atoms with Gasteiger partial charge in [0, 0.05) is 0 Å². The van der Waals surface area contributed by atoms with Crippen molar-refractivity contribution in [2.45, 2.75) is 12.8 Å². The molecule has 0 fully saturated rings. The summed E-state index contributed by atoms with van der Waals surface area (Å²) in [6, 6.07) is 19.7. The van der Waals surface area contributed by atoms with Crippen LogP contribution in [0.15, 0.2) is 97.1 Å². The SMILES string of the molecule is [C-]1=CC=CC1.[C-]1=CC=CC1.[CH2-]c1ccccc1.[CH2-]c1ccccc1.[CH2]=[Ti]. The van der Waals surface area contributed by atoms with Gasteiger partial charge in [0.2, 0.25) is 0 Å². The quantitative estimate of drug-likeness (QED) is 0.374. The summed E-state index contributed by atoms with van der Waals surface area (Å²) in [6.45, 7) is 7.44. The van der Waals surface area contributed by atoms with Crippen LogP contribution in [0.2, 0.25) is 0 Å². The number of hydrogen-bond donors (Lipinski definition) is 0. The minimum absolute atomic E-state index is 1.01. The molecule has 0 nitrogen and oxygen atoms in total. The van der Waals surface area contributed by atoms with E-state index in [0.717, 1.165) is 24.0 Å². The van der Waals surface area contributed by atoms with Crippen molar-refractivity contribution in [3.63, 3.8) is 0 Å². The fraction of sp³-hybridized carbons (Fsp3) is 0.0800. The first-order valence-electron chi connectivity index (χ1n) is 8.32. The molecule has 0 aromatic heterocycles. The number of hydrogen-bond acceptors (Lipinski definition) is 0. The second kappa shape index (κ2) is 19.1. The molecule has 0 radical (unpaired) electrons. The van der Waals surface area contributed by atoms with E-state index in [4.69, 9.17) is 0 Å². The molecular formula is C25H26Ti-4. The van der Waals surface area contributed by atoms with E-state index in [1.54, 1.807) is 20.0 Å². The van der Waals surface area contributed by atoms with Gasteiger partial charge in [0.15, 0.2) is 0 Å². The molecule has 2 aromatic rings. The average Bonchev–Trinajstić information content (AvgIpc) is 3.44. The van der Waals surface area contributed by atoms with Crippen molar-refractivity contribution in [2.24, 2.45) is 0 Å². The Labute approximate surface area is 171 Å². The monoisotopic (exact) mass is 374 g/mol. The van der Waals surface area contributed by atoms with Gasteiger partial charge in [-0.15, -0.1) is 37.1 Å². The summed E-state index contributed by atoms with van der Waals surface area (Å²) in [5.41, 5.74) is 2.14. The molecule has 0 saturated heterocycles. The molecule has 0 saturated carbocycles. The van der Waals surface area contributed by atoms with E-state index in [1.807, 2.05) is 85.0 Å². The molecule has 0 spiro atoms. The van der Waals surface area contributed by atoms with Crippen LogP contribution < -0.4 is 0 Å². The van der Waals surface area contributed by atoms with Crippen LogP contribution in [-0.2, 0) is 20.0 Å². The van der Waals surface area contributed by atoms with Crippen LogP contribution in [0, 0.1) is 26.0 Å². The molecule has 0 atom stereocenters. The molecule has 26 heavy (non-hydrogen) atoms. The van der Waals surface area contributed by atoms with Crippen molar-refractivity contribution in [3.05, 3.63) is 134 Å². The van der Waals surface area contributed by atoms with Gasteiger partial charge in [0.1, 0.15) is 0 Å². The maximum absolute atomic E-state index is 3.72. The van der Waals surface area contributed by atoms with E-state index in [2.05, 4.69) is 43.0 Å². The van der Waals surface area contributed by atoms with Gasteiger partial charge >= 0.3 is 24.8 Å². The summed E-state index contributed by atoms with van der Waals surface area (Å²) >= 11 is 1.75. The zero-order chi connectivity index (χ0) is 19.3. The standard InChI is InChI=1S/2C7H7.2C5H5.CH2.Ti/c2*1-7-5-3-2-4-6-7;2*1-2-4-5-3-1;;/h2*2-6H,1H2;2*1-3H,4H2;1H2;/q4*-1;;. The summed E-state index contributed by atoms with van der Waals surface area (Å²) in [5.74, 6) is 0. The predicted molar refractivity (Wildman–Crippen MR) is 112 cm³/mol. The average molecular weight is 374 g/mol. The zero-order valence-electron chi connectivity index (χ0n) is 15.3. The third-order valence-electron chi connectivity index (χ3n) is 2.86. The number of benzene rings is 2. The molecule has 0 amide bonds. The van der Waals surface area contributed by atoms with E-state index < -0.39 is 0 Å². The molecule has 0 aliphatic heterocycles. The summed E-state index contributed by atoms with van der Waals surface area (Å²) in [4.78, 5) is 3.25. The van der Waals surface area contributed by atoms with Gasteiger partial charge in [-0.25, -0.2) is 24.3 Å². The topological polar surface area (TPSA) is 0 Å². The van der Waals surface area contributed by atoms with Crippen LogP contribution in [0.4, 0.5) is 0 Å². The van der Waals surface area contributed by atoms with Crippen molar-refractivity contribution in [1.29, 1.82) is 0 Å². The maximum atomic E-state index is 3.72. The summed E-state index contributed by atoms with van der Waals surface area (Å²) in [5, 5.41) is 0. The molecule has 0 unspecified atom stereocenters. The Kier molecular flexibility index (Phi) is 17.4. The molecule has 2 aliphatic carbocycles. The van der Waals surface area contributed by atoms with Gasteiger partial charge in [-0.1, -0.05) is 12.1 Å². The fourth-order valence-corrected chi connectivity index (χ4v) is 1.64. The Bertz CT molecular complexity index is 570. The van der Waals surface area contributed by atoms with Crippen LogP contribution in [0.5, 0.6) is 0 Å². The van der Waals surface area contributed by atoms with E-state index >= 15 is 0 Å². The van der Waals surface area contributed by atoms with Crippen molar-refractivity contribution in [3.8, 4) is 0 Å². The zero-order valence-corrected chi connectivity index (χ0v) is 16.8. The van der Waals surface area contributed by atoms with E-state index in [9.17, 15) is 0 Å². The van der Waals surface area contributed by atoms with Gasteiger partial charge in [0.25, 0.3) is 0 Å². The minimum atomic E-state index is 1.01. The van der Waals surface area contributed by atoms with Crippen LogP contribution >= 0.6 is 0 Å². The Morgan fingerprint density at radius 3 is 1.12 bits per heavy atom. The normalized spacial score (nSPS) is 11.5. The molecule has 0 heterocycles. The molecule has 2 aliphatic rings. The first kappa shape index (κ1) is 23.7. The van der Waals surface area contributed by atoms with Crippen LogP contribution in [0.25, 0.3) is 0 Å². The first-order chi connectivity index (χ1) is 12.8. The van der Waals surface area contributed by atoms with Gasteiger partial charge in [-0.05, 0) is 0 Å². The van der Waals surface area contributed by atoms with Crippen molar-refractivity contribution in [2.75, 3.05) is 0 Å². The number of rotatable bonds is 0. The third-order valence-corrected chi connectivity index (χ3v) is 2.86. The Morgan fingerprint density at radius 1 is 0.654 bits per heavy atom. The summed E-state index contributed by atoms with van der Waals surface area (Å²) < 4.78 is 0. The van der Waals surface area contributed by atoms with E-state index in [-0.39, 0.29) is 0 Å². The van der Waals surface area contributed by atoms with Gasteiger partial charge in [0.05, 0.1) is 0 Å². The fourth-order valence-electron chi connectivity index (χ4n) is 1.64. The Balaban J connectivity index is 0.000000314. The van der Waals surface area contributed by atoms with E-state index in [0.29, 0.717) is 0 Å². The summed E-state index contributed by atoms with van der Waals surface area (Å²) in [7, 11) is 0. The number of allylic oxidation sites excluding steroid dienone is 8. The van der Waals surface area contributed by atoms with E-state index in [1.165, 1.54) is 0 Å². The predicted octanol–water partition coefficient (Wildman–Crippen LogP) is 6.31.